The number of carbonyl (C=O) groups excluding carboxylic acids is 1. The molecule has 24 heavy (non-hydrogen) atoms. The maximum Gasteiger partial charge on any atom is 0.289 e. The minimum Gasteiger partial charge on any atom is -0.505 e. The molecule has 0 aliphatic heterocycles. The van der Waals surface area contributed by atoms with E-state index in [1.54, 1.807) is 33.5 Å². The Hall–Kier alpha value is -3.03. The van der Waals surface area contributed by atoms with E-state index >= 15 is 0 Å². The molecule has 0 bridgehead atoms. The molecule has 0 spiro atoms. The standard InChI is InChI=1S/C16H19N3O5/c1-22-11-6-13(23-2)12(14(7-11)24-3)4-5-17-16(21)15-18-8-10(20)9-19-15/h6-9,20H,4-5H2,1-3H3,(H,17,21). The molecule has 1 aromatic carbocycles. The van der Waals surface area contributed by atoms with Gasteiger partial charge in [-0.1, -0.05) is 0 Å². The molecule has 0 atom stereocenters. The summed E-state index contributed by atoms with van der Waals surface area (Å²) in [5, 5.41) is 11.8. The van der Waals surface area contributed by atoms with Crippen LogP contribution in [0.5, 0.6) is 23.0 Å². The van der Waals surface area contributed by atoms with Gasteiger partial charge in [-0.15, -0.1) is 0 Å². The van der Waals surface area contributed by atoms with Crippen molar-refractivity contribution >= 4 is 5.91 Å². The Morgan fingerprint density at radius 1 is 1.08 bits per heavy atom. The van der Waals surface area contributed by atoms with Gasteiger partial charge in [0, 0.05) is 24.2 Å². The van der Waals surface area contributed by atoms with E-state index < -0.39 is 5.91 Å². The third-order valence-electron chi connectivity index (χ3n) is 3.32. The van der Waals surface area contributed by atoms with Gasteiger partial charge in [0.15, 0.2) is 5.75 Å². The minimum atomic E-state index is -0.429. The van der Waals surface area contributed by atoms with Crippen LogP contribution in [0.25, 0.3) is 0 Å². The number of nitrogens with zero attached hydrogens (tertiary/aromatic N) is 2. The highest BCUT2D eigenvalue weighted by Gasteiger charge is 2.14. The van der Waals surface area contributed by atoms with E-state index in [9.17, 15) is 4.79 Å². The van der Waals surface area contributed by atoms with Crippen LogP contribution < -0.4 is 19.5 Å². The summed E-state index contributed by atoms with van der Waals surface area (Å²) in [6, 6.07) is 3.51. The Morgan fingerprint density at radius 3 is 2.17 bits per heavy atom. The smallest absolute Gasteiger partial charge is 0.289 e. The van der Waals surface area contributed by atoms with Gasteiger partial charge in [0.1, 0.15) is 17.2 Å². The number of aromatic nitrogens is 2. The van der Waals surface area contributed by atoms with Crippen molar-refractivity contribution in [2.24, 2.45) is 0 Å². The molecular weight excluding hydrogens is 314 g/mol. The normalized spacial score (nSPS) is 10.1. The van der Waals surface area contributed by atoms with E-state index in [2.05, 4.69) is 15.3 Å². The molecule has 0 saturated carbocycles. The van der Waals surface area contributed by atoms with Crippen LogP contribution in [0.4, 0.5) is 0 Å². The summed E-state index contributed by atoms with van der Waals surface area (Å²) in [7, 11) is 4.67. The van der Waals surface area contributed by atoms with E-state index in [4.69, 9.17) is 19.3 Å². The molecule has 0 radical (unpaired) electrons. The molecule has 0 aliphatic rings. The number of aromatic hydroxyl groups is 1. The second-order valence-corrected chi connectivity index (χ2v) is 4.78. The average Bonchev–Trinajstić information content (AvgIpc) is 2.61. The molecule has 2 rings (SSSR count). The third kappa shape index (κ3) is 4.03. The fourth-order valence-corrected chi connectivity index (χ4v) is 2.14. The predicted octanol–water partition coefficient (Wildman–Crippen LogP) is 1.18. The zero-order valence-electron chi connectivity index (χ0n) is 13.7. The van der Waals surface area contributed by atoms with Gasteiger partial charge in [-0.05, 0) is 6.42 Å². The van der Waals surface area contributed by atoms with Crippen LogP contribution in [0, 0.1) is 0 Å². The van der Waals surface area contributed by atoms with Crippen LogP contribution in [0.3, 0.4) is 0 Å². The lowest BCUT2D eigenvalue weighted by molar-refractivity contribution is 0.0943. The highest BCUT2D eigenvalue weighted by atomic mass is 16.5. The average molecular weight is 333 g/mol. The summed E-state index contributed by atoms with van der Waals surface area (Å²) in [5.74, 6) is 1.30. The van der Waals surface area contributed by atoms with Crippen molar-refractivity contribution in [1.82, 2.24) is 15.3 Å². The summed E-state index contributed by atoms with van der Waals surface area (Å²) in [4.78, 5) is 19.5. The number of hydrogen-bond acceptors (Lipinski definition) is 7. The number of carbonyl (C=O) groups is 1. The summed E-state index contributed by atoms with van der Waals surface area (Å²) in [5.41, 5.74) is 0.813. The molecule has 0 aliphatic carbocycles. The maximum absolute atomic E-state index is 12.0. The first-order valence-electron chi connectivity index (χ1n) is 7.17. The molecular formula is C16H19N3O5. The van der Waals surface area contributed by atoms with Crippen molar-refractivity contribution in [1.29, 1.82) is 0 Å². The molecule has 1 aromatic heterocycles. The van der Waals surface area contributed by atoms with Crippen molar-refractivity contribution in [3.63, 3.8) is 0 Å². The Morgan fingerprint density at radius 2 is 1.67 bits per heavy atom. The predicted molar refractivity (Wildman–Crippen MR) is 85.8 cm³/mol. The van der Waals surface area contributed by atoms with Gasteiger partial charge in [0.25, 0.3) is 5.91 Å². The van der Waals surface area contributed by atoms with E-state index in [1.165, 1.54) is 0 Å². The zero-order valence-corrected chi connectivity index (χ0v) is 13.7. The number of rotatable bonds is 7. The van der Waals surface area contributed by atoms with Gasteiger partial charge < -0.3 is 24.6 Å². The quantitative estimate of drug-likeness (QED) is 0.784. The number of ether oxygens (including phenoxy) is 3. The summed E-state index contributed by atoms with van der Waals surface area (Å²) in [6.07, 6.45) is 2.81. The van der Waals surface area contributed by atoms with Gasteiger partial charge >= 0.3 is 0 Å². The molecule has 128 valence electrons. The van der Waals surface area contributed by atoms with Crippen molar-refractivity contribution in [2.45, 2.75) is 6.42 Å². The summed E-state index contributed by atoms with van der Waals surface area (Å²) in [6.45, 7) is 0.335. The van der Waals surface area contributed by atoms with Gasteiger partial charge in [-0.2, -0.15) is 0 Å². The molecule has 1 amide bonds. The third-order valence-corrected chi connectivity index (χ3v) is 3.32. The highest BCUT2D eigenvalue weighted by Crippen LogP contribution is 2.34. The van der Waals surface area contributed by atoms with Crippen molar-refractivity contribution in [2.75, 3.05) is 27.9 Å². The fourth-order valence-electron chi connectivity index (χ4n) is 2.14. The van der Waals surface area contributed by atoms with Crippen molar-refractivity contribution < 1.29 is 24.1 Å². The Bertz CT molecular complexity index is 678. The van der Waals surface area contributed by atoms with Crippen LogP contribution in [0.15, 0.2) is 24.5 Å². The first-order valence-corrected chi connectivity index (χ1v) is 7.17. The number of hydrogen-bond donors (Lipinski definition) is 2. The molecule has 0 fully saturated rings. The van der Waals surface area contributed by atoms with E-state index in [1.807, 2.05) is 0 Å². The van der Waals surface area contributed by atoms with E-state index in [0.29, 0.717) is 30.2 Å². The lowest BCUT2D eigenvalue weighted by atomic mass is 10.1. The lowest BCUT2D eigenvalue weighted by Gasteiger charge is -2.15. The molecule has 0 saturated heterocycles. The number of amides is 1. The monoisotopic (exact) mass is 333 g/mol. The highest BCUT2D eigenvalue weighted by molar-refractivity contribution is 5.90. The van der Waals surface area contributed by atoms with Crippen LogP contribution in [0.2, 0.25) is 0 Å². The molecule has 8 nitrogen and oxygen atoms in total. The van der Waals surface area contributed by atoms with Gasteiger partial charge in [-0.3, -0.25) is 4.79 Å². The molecule has 0 unspecified atom stereocenters. The van der Waals surface area contributed by atoms with Crippen molar-refractivity contribution in [3.05, 3.63) is 35.9 Å². The summed E-state index contributed by atoms with van der Waals surface area (Å²) < 4.78 is 15.9. The van der Waals surface area contributed by atoms with Crippen molar-refractivity contribution in [3.8, 4) is 23.0 Å². The van der Waals surface area contributed by atoms with Crippen LogP contribution in [-0.4, -0.2) is 48.9 Å². The molecule has 8 heteroatoms. The number of benzene rings is 1. The SMILES string of the molecule is COc1cc(OC)c(CCNC(=O)c2ncc(O)cn2)c(OC)c1. The Labute approximate surface area is 139 Å². The van der Waals surface area contributed by atoms with Gasteiger partial charge in [0.05, 0.1) is 33.7 Å². The second kappa shape index (κ2) is 8.00. The Kier molecular flexibility index (Phi) is 5.78. The van der Waals surface area contributed by atoms with Crippen LogP contribution in [0.1, 0.15) is 16.2 Å². The molecule has 2 aromatic rings. The first-order chi connectivity index (χ1) is 11.6. The zero-order chi connectivity index (χ0) is 17.5. The topological polar surface area (TPSA) is 103 Å². The molecule has 2 N–H and O–H groups in total. The van der Waals surface area contributed by atoms with E-state index in [0.717, 1.165) is 18.0 Å². The second-order valence-electron chi connectivity index (χ2n) is 4.78. The number of nitrogens with one attached hydrogen (secondary N) is 1. The van der Waals surface area contributed by atoms with Crippen LogP contribution >= 0.6 is 0 Å². The first kappa shape index (κ1) is 17.3. The molecule has 1 heterocycles. The fraction of sp³-hybridized carbons (Fsp3) is 0.312. The van der Waals surface area contributed by atoms with E-state index in [-0.39, 0.29) is 11.6 Å². The maximum atomic E-state index is 12.0. The minimum absolute atomic E-state index is 0.0125. The Balaban J connectivity index is 2.06. The van der Waals surface area contributed by atoms with Crippen LogP contribution in [-0.2, 0) is 6.42 Å². The number of methoxy groups -OCH3 is 3. The lowest BCUT2D eigenvalue weighted by Crippen LogP contribution is -2.27. The van der Waals surface area contributed by atoms with Gasteiger partial charge in [-0.25, -0.2) is 9.97 Å². The van der Waals surface area contributed by atoms with Gasteiger partial charge in [0.2, 0.25) is 5.82 Å². The summed E-state index contributed by atoms with van der Waals surface area (Å²) >= 11 is 0. The largest absolute Gasteiger partial charge is 0.505 e.